The lowest BCUT2D eigenvalue weighted by Gasteiger charge is -2.37. The van der Waals surface area contributed by atoms with Gasteiger partial charge >= 0.3 is 5.97 Å². The minimum Gasteiger partial charge on any atom is -0.508 e. The number of carboxylic acid groups (broad SMARTS) is 1. The number of benzene rings is 5. The monoisotopic (exact) mass is 1880 g/mol. The zero-order valence-corrected chi connectivity index (χ0v) is 77.1. The van der Waals surface area contributed by atoms with Crippen LogP contribution in [0.2, 0.25) is 0 Å². The van der Waals surface area contributed by atoms with E-state index in [4.69, 9.17) is 17.2 Å². The molecule has 0 spiro atoms. The fraction of sp³-hybridized carbons (Fsp3) is 0.484. The van der Waals surface area contributed by atoms with Crippen molar-refractivity contribution in [3.8, 4) is 5.75 Å². The average molecular weight is 1890 g/mol. The number of carbonyl (C=O) groups excluding carboxylic acids is 15. The van der Waals surface area contributed by atoms with Crippen LogP contribution >= 0.6 is 11.8 Å². The van der Waals surface area contributed by atoms with Crippen molar-refractivity contribution in [1.29, 1.82) is 0 Å². The number of hydrogen-bond acceptors (Lipinski definition) is 21. The summed E-state index contributed by atoms with van der Waals surface area (Å²) in [6, 6.07) is 9.11. The lowest BCUT2D eigenvalue weighted by atomic mass is 9.98. The van der Waals surface area contributed by atoms with E-state index in [1.165, 1.54) is 64.0 Å². The van der Waals surface area contributed by atoms with Crippen LogP contribution in [0.3, 0.4) is 0 Å². The predicted molar refractivity (Wildman–Crippen MR) is 490 cm³/mol. The zero-order chi connectivity index (χ0) is 98.3. The second-order valence-electron chi connectivity index (χ2n) is 34.1. The number of nitrogens with two attached hydrogens (primary N) is 3. The maximum Gasteiger partial charge on any atom is 0.305 e. The maximum atomic E-state index is 15.7. The minimum absolute atomic E-state index is 0.00772. The summed E-state index contributed by atoms with van der Waals surface area (Å²) in [6.07, 6.45) is -2.36. The standard InChI is InChI=1S/C93H123F3N18O19S/c1-9-10-25-73-92(132)113(48-54(5)115)49-77(118)102-69(45-79(120)121)86(126)109-81(52(2)3)93(133)111(7)74(42-57-29-27-53(4)28-30-57)88(128)105-66(24-17-36-98)90(130)114-37-18-26-72(114)87(127)107-68(44-59-46-100-64-22-15-14-21-61(59)64)85(125)106-67(40-56-31-33-60(116)34-32-56)84(124)104-65(23-16-35-97)83(123)108-71(82(122)101-47-76(99)117)50-134-51-78(119)103-70(41-58-38-62(94)80(96)63(95)39-58)89(129)112(8)75(91(131)110(73)6)43-55-19-12-11-13-20-55/h11-15,19-22,27-34,38-39,46,52,54,65-75,81,100,115-116H,9-10,16-18,23-26,35-37,40-45,47-51,97-98H2,1-8H3,(H2,99,117)(H,101,122)(H,102,118)(H,103,119)(H,104,124)(H,105,128)(H,106,125)(H,107,127)(H,108,123)(H,109,126)(H,120,121)/t54-,65-,66-,67-,68-,69-,70-,71-,72+,73-,74-,75-,81-/m0/s1. The van der Waals surface area contributed by atoms with Crippen LogP contribution in [0.15, 0.2) is 121 Å². The van der Waals surface area contributed by atoms with Crippen LogP contribution in [-0.2, 0) is 109 Å². The van der Waals surface area contributed by atoms with Gasteiger partial charge in [-0.3, -0.25) is 76.7 Å². The molecule has 1 aromatic heterocycles. The number of thioether (sulfide) groups is 1. The first kappa shape index (κ1) is 106. The lowest BCUT2D eigenvalue weighted by molar-refractivity contribution is -0.152. The van der Waals surface area contributed by atoms with Gasteiger partial charge in [-0.15, -0.1) is 11.8 Å². The molecule has 6 aromatic rings. The quantitative estimate of drug-likeness (QED) is 0.0317. The number of nitrogens with one attached hydrogen (secondary N) is 10. The Balaban J connectivity index is 1.24. The zero-order valence-electron chi connectivity index (χ0n) is 76.3. The van der Waals surface area contributed by atoms with E-state index in [9.17, 15) is 53.3 Å². The number of β-amino-alcohol motifs (C(OH)–C–C–N with tert-alkyl or cyclic N) is 1. The number of hydrogen-bond donors (Lipinski definition) is 16. The molecular formula is C93H123F3N18O19S. The van der Waals surface area contributed by atoms with E-state index in [1.807, 2.05) is 6.92 Å². The van der Waals surface area contributed by atoms with Crippen LogP contribution in [0, 0.1) is 30.3 Å². The van der Waals surface area contributed by atoms with Gasteiger partial charge in [0.2, 0.25) is 88.6 Å². The van der Waals surface area contributed by atoms with Gasteiger partial charge in [0.05, 0.1) is 31.4 Å². The van der Waals surface area contributed by atoms with Gasteiger partial charge in [0.15, 0.2) is 17.5 Å². The fourth-order valence-corrected chi connectivity index (χ4v) is 16.8. The summed E-state index contributed by atoms with van der Waals surface area (Å²) in [4.78, 5) is 245. The lowest BCUT2D eigenvalue weighted by Crippen LogP contribution is -2.61. The highest BCUT2D eigenvalue weighted by Crippen LogP contribution is 2.27. The van der Waals surface area contributed by atoms with Gasteiger partial charge in [-0.1, -0.05) is 124 Å². The number of aliphatic hydroxyl groups is 1. The van der Waals surface area contributed by atoms with Crippen molar-refractivity contribution < 1.29 is 105 Å². The Kier molecular flexibility index (Phi) is 40.7. The SMILES string of the molecule is CCCC[C@H]1C(=O)N(C[C@H](C)O)CC(=O)N[C@@H](CC(=O)O)C(=O)N[C@@H](C(C)C)C(=O)N(C)[C@@H](Cc2ccc(C)cc2)C(=O)N[C@@H](CCCN)C(=O)N2CCC[C@@H]2C(=O)N[C@@H](Cc2c[nH]c3ccccc23)C(=O)N[C@@H](Cc2ccc(O)cc2)C(=O)N[C@@H](CCCN)C(=O)N[C@H](C(=O)NCC(N)=O)CSCC(=O)N[C@@H](Cc2cc(F)c(F)c(F)c2)C(=O)N(C)[C@@H](Cc2ccccc2)C(=O)N1C. The number of primary amides is 1. The number of aromatic nitrogens is 1. The highest BCUT2D eigenvalue weighted by molar-refractivity contribution is 8.00. The van der Waals surface area contributed by atoms with Crippen LogP contribution in [0.25, 0.3) is 10.9 Å². The number of aliphatic hydroxyl groups excluding tert-OH is 1. The molecule has 8 rings (SSSR count). The smallest absolute Gasteiger partial charge is 0.305 e. The number of carboxylic acids is 1. The molecule has 19 N–H and O–H groups in total. The number of fused-ring (bicyclic) bond motifs is 2. The molecule has 0 radical (unpaired) electrons. The van der Waals surface area contributed by atoms with E-state index in [-0.39, 0.29) is 108 Å². The number of halogens is 3. The molecule has 134 heavy (non-hydrogen) atoms. The summed E-state index contributed by atoms with van der Waals surface area (Å²) >= 11 is 0.648. The van der Waals surface area contributed by atoms with Gasteiger partial charge in [-0.2, -0.15) is 0 Å². The molecule has 41 heteroatoms. The van der Waals surface area contributed by atoms with Crippen molar-refractivity contribution in [3.63, 3.8) is 0 Å². The van der Waals surface area contributed by atoms with Crippen LogP contribution in [0.1, 0.15) is 125 Å². The molecule has 2 aliphatic heterocycles. The van der Waals surface area contributed by atoms with Crippen molar-refractivity contribution >= 4 is 117 Å². The Morgan fingerprint density at radius 3 is 1.72 bits per heavy atom. The van der Waals surface area contributed by atoms with Gasteiger partial charge in [0.25, 0.3) is 0 Å². The molecule has 3 heterocycles. The third-order valence-electron chi connectivity index (χ3n) is 23.3. The molecule has 0 aliphatic carbocycles. The average Bonchev–Trinajstić information content (AvgIpc) is 1.65. The summed E-state index contributed by atoms with van der Waals surface area (Å²) in [5, 5.41) is 55.8. The normalized spacial score (nSPS) is 22.8. The first-order chi connectivity index (χ1) is 63.7. The van der Waals surface area contributed by atoms with Gasteiger partial charge < -0.3 is 110 Å². The van der Waals surface area contributed by atoms with E-state index in [0.717, 1.165) is 32.2 Å². The number of H-pyrrole nitrogens is 1. The second kappa shape index (κ2) is 51.3. The Morgan fingerprint density at radius 2 is 1.10 bits per heavy atom. The number of rotatable bonds is 27. The maximum absolute atomic E-state index is 15.7. The van der Waals surface area contributed by atoms with Crippen LogP contribution in [0.4, 0.5) is 13.2 Å². The molecule has 2 fully saturated rings. The number of aromatic hydroxyl groups is 1. The highest BCUT2D eigenvalue weighted by atomic mass is 32.2. The fourth-order valence-electron chi connectivity index (χ4n) is 15.9. The second-order valence-corrected chi connectivity index (χ2v) is 35.2. The van der Waals surface area contributed by atoms with Crippen molar-refractivity contribution in [1.82, 2.24) is 77.3 Å². The Bertz CT molecular complexity index is 5110. The third-order valence-corrected chi connectivity index (χ3v) is 24.3. The van der Waals surface area contributed by atoms with E-state index in [1.54, 1.807) is 92.0 Å². The Morgan fingerprint density at radius 1 is 0.552 bits per heavy atom. The van der Waals surface area contributed by atoms with Crippen LogP contribution < -0.4 is 65.1 Å². The van der Waals surface area contributed by atoms with Crippen molar-refractivity contribution in [2.75, 3.05) is 71.9 Å². The van der Waals surface area contributed by atoms with Gasteiger partial charge in [-0.25, -0.2) is 13.2 Å². The molecule has 5 aromatic carbocycles. The number of nitrogens with zero attached hydrogens (tertiary/aromatic N) is 5. The van der Waals surface area contributed by atoms with E-state index < -0.39 is 241 Å². The topological polar surface area (TPSA) is 552 Å². The molecule has 726 valence electrons. The first-order valence-electron chi connectivity index (χ1n) is 44.5. The molecule has 15 amide bonds. The molecular weight excluding hydrogens is 1760 g/mol. The van der Waals surface area contributed by atoms with Gasteiger partial charge in [0.1, 0.15) is 78.3 Å². The number of phenolic OH excluding ortho intramolecular Hbond substituents is 1. The number of para-hydroxylation sites is 1. The summed E-state index contributed by atoms with van der Waals surface area (Å²) < 4.78 is 45.1. The number of phenols is 1. The predicted octanol–water partition coefficient (Wildman–Crippen LogP) is 0.819. The summed E-state index contributed by atoms with van der Waals surface area (Å²) in [5.41, 5.74) is 20.4. The van der Waals surface area contributed by atoms with E-state index in [0.29, 0.717) is 63.5 Å². The van der Waals surface area contributed by atoms with Crippen molar-refractivity contribution in [3.05, 3.63) is 172 Å². The van der Waals surface area contributed by atoms with Gasteiger partial charge in [-0.05, 0) is 136 Å². The number of likely N-dealkylation sites (N-methyl/N-ethyl adjacent to an activating group) is 3. The molecule has 0 bridgehead atoms. The third kappa shape index (κ3) is 30.8. The van der Waals surface area contributed by atoms with Gasteiger partial charge in [0, 0.05) is 89.2 Å². The number of carbonyl (C=O) groups is 16. The summed E-state index contributed by atoms with van der Waals surface area (Å²) in [6.45, 7) is 5.40. The first-order valence-corrected chi connectivity index (χ1v) is 45.7. The molecule has 2 saturated heterocycles. The minimum atomic E-state index is -2.01. The van der Waals surface area contributed by atoms with Crippen molar-refractivity contribution in [2.45, 2.75) is 210 Å². The number of aliphatic carboxylic acids is 1. The van der Waals surface area contributed by atoms with Crippen molar-refractivity contribution in [2.24, 2.45) is 23.1 Å². The molecule has 0 saturated carbocycles. The number of unbranched alkanes of at least 4 members (excludes halogenated alkanes) is 1. The Hall–Kier alpha value is -13.0. The van der Waals surface area contributed by atoms with Crippen LogP contribution in [-0.4, -0.2) is 290 Å². The number of amides is 15. The molecule has 37 nitrogen and oxygen atoms in total. The van der Waals surface area contributed by atoms with E-state index in [2.05, 4.69) is 52.8 Å². The van der Waals surface area contributed by atoms with E-state index >= 15 is 51.9 Å². The summed E-state index contributed by atoms with van der Waals surface area (Å²) in [7, 11) is 3.65. The molecule has 2 aliphatic rings. The largest absolute Gasteiger partial charge is 0.508 e. The molecule has 0 unspecified atom stereocenters. The Labute approximate surface area is 778 Å². The highest BCUT2D eigenvalue weighted by Gasteiger charge is 2.45. The summed E-state index contributed by atoms with van der Waals surface area (Å²) in [5.74, 6) is -24.2. The number of aromatic amines is 1. The number of aryl methyl sites for hydroxylation is 1. The van der Waals surface area contributed by atoms with Crippen LogP contribution in [0.5, 0.6) is 5.75 Å². The molecule has 13 atom stereocenters.